The zero-order valence-electron chi connectivity index (χ0n) is 43.4. The van der Waals surface area contributed by atoms with Crippen molar-refractivity contribution in [3.05, 3.63) is 24.6 Å². The van der Waals surface area contributed by atoms with Crippen molar-refractivity contribution < 1.29 is 0 Å². The molecule has 0 aliphatic heterocycles. The zero-order valence-corrected chi connectivity index (χ0v) is 45.9. The van der Waals surface area contributed by atoms with Gasteiger partial charge in [-0.05, 0) is 67.1 Å². The van der Waals surface area contributed by atoms with Crippen LogP contribution in [0.1, 0.15) is 322 Å². The lowest BCUT2D eigenvalue weighted by Crippen LogP contribution is -1.94. The first kappa shape index (κ1) is 61.3. The van der Waals surface area contributed by atoms with Gasteiger partial charge in [0, 0.05) is 14.7 Å². The summed E-state index contributed by atoms with van der Waals surface area (Å²) in [6.07, 6.45) is 67.0. The summed E-state index contributed by atoms with van der Waals surface area (Å²) in [6.45, 7) is 11.2. The van der Waals surface area contributed by atoms with E-state index in [9.17, 15) is 0 Å². The summed E-state index contributed by atoms with van der Waals surface area (Å²) in [5.41, 5.74) is 1.53. The summed E-state index contributed by atoms with van der Waals surface area (Å²) in [7, 11) is 0. The zero-order chi connectivity index (χ0) is 45.2. The molecule has 3 heteroatoms. The topological polar surface area (TPSA) is 0 Å². The first-order valence-electron chi connectivity index (χ1n) is 29.1. The summed E-state index contributed by atoms with van der Waals surface area (Å²) in [6, 6.07) is 5.15. The minimum absolute atomic E-state index is 0.998. The van der Waals surface area contributed by atoms with Crippen LogP contribution >= 0.6 is 35.3 Å². The number of thioether (sulfide) groups is 3. The van der Waals surface area contributed by atoms with E-state index in [1.807, 2.05) is 0 Å². The van der Waals surface area contributed by atoms with Crippen molar-refractivity contribution in [3.63, 3.8) is 0 Å². The van der Waals surface area contributed by atoms with Gasteiger partial charge >= 0.3 is 0 Å². The molecule has 1 aromatic carbocycles. The number of rotatable bonds is 53. The molecule has 0 heterocycles. The van der Waals surface area contributed by atoms with Crippen LogP contribution in [0.3, 0.4) is 0 Å². The van der Waals surface area contributed by atoms with Crippen LogP contribution < -0.4 is 0 Å². The van der Waals surface area contributed by atoms with E-state index in [0.717, 1.165) is 12.8 Å². The second kappa shape index (κ2) is 51.7. The molecule has 0 aliphatic carbocycles. The smallest absolute Gasteiger partial charge is 0.0344 e. The molecule has 1 rings (SSSR count). The maximum Gasteiger partial charge on any atom is 0.0344 e. The Morgan fingerprint density at radius 1 is 0.286 bits per heavy atom. The van der Waals surface area contributed by atoms with Crippen LogP contribution in [0.2, 0.25) is 0 Å². The highest BCUT2D eigenvalue weighted by molar-refractivity contribution is 8.03. The Balaban J connectivity index is 2.47. The van der Waals surface area contributed by atoms with Gasteiger partial charge < -0.3 is 0 Å². The van der Waals surface area contributed by atoms with E-state index in [2.05, 4.69) is 75.1 Å². The largest absolute Gasteiger partial charge is 0.125 e. The predicted molar refractivity (Wildman–Crippen MR) is 297 cm³/mol. The third-order valence-electron chi connectivity index (χ3n) is 13.6. The summed E-state index contributed by atoms with van der Waals surface area (Å²) in [5.74, 6) is 3.84. The average Bonchev–Trinajstić information content (AvgIpc) is 3.29. The van der Waals surface area contributed by atoms with Crippen LogP contribution in [-0.4, -0.2) is 17.3 Å². The highest BCUT2D eigenvalue weighted by atomic mass is 32.2. The minimum atomic E-state index is 0.998. The Morgan fingerprint density at radius 2 is 0.492 bits per heavy atom. The van der Waals surface area contributed by atoms with Crippen LogP contribution in [0.15, 0.2) is 26.8 Å². The minimum Gasteiger partial charge on any atom is -0.125 e. The van der Waals surface area contributed by atoms with Crippen LogP contribution in [-0.2, 0) is 6.42 Å². The Labute approximate surface area is 412 Å². The van der Waals surface area contributed by atoms with Gasteiger partial charge in [0.1, 0.15) is 0 Å². The number of aryl methyl sites for hydroxylation is 1. The Bertz CT molecular complexity index is 964. The van der Waals surface area contributed by atoms with E-state index in [1.54, 1.807) is 14.7 Å². The third kappa shape index (κ3) is 42.1. The molecule has 1 aromatic rings. The predicted octanol–water partition coefficient (Wildman–Crippen LogP) is 23.3. The maximum atomic E-state index is 4.26. The monoisotopic (exact) mass is 930 g/mol. The first-order chi connectivity index (χ1) is 31.3. The summed E-state index contributed by atoms with van der Waals surface area (Å²) in [4.78, 5) is 4.82. The maximum absolute atomic E-state index is 4.26. The molecule has 0 aliphatic rings. The molecule has 0 saturated heterocycles. The third-order valence-corrected chi connectivity index (χ3v) is 17.3. The van der Waals surface area contributed by atoms with Crippen LogP contribution in [0, 0.1) is 6.92 Å². The van der Waals surface area contributed by atoms with Crippen molar-refractivity contribution in [1.29, 1.82) is 0 Å². The second-order valence-corrected chi connectivity index (χ2v) is 23.3. The van der Waals surface area contributed by atoms with Gasteiger partial charge in [-0.25, -0.2) is 0 Å². The average molecular weight is 931 g/mol. The standard InChI is InChI=1S/C60H113S3/c1-5-9-12-15-18-21-24-27-30-33-36-39-42-45-48-52-61-58-55-57(51-8-4)56-59(62-53-49-46-43-40-37-34-31-28-25-22-19-16-13-10-6-2)60(58)63-54-50-47-44-41-38-35-32-29-26-23-20-17-14-11-7-3/h55-56H,4-54H2,1-3H3. The number of benzene rings is 1. The van der Waals surface area contributed by atoms with Crippen molar-refractivity contribution in [2.75, 3.05) is 17.3 Å². The van der Waals surface area contributed by atoms with Gasteiger partial charge in [-0.2, -0.15) is 0 Å². The molecule has 0 spiro atoms. The van der Waals surface area contributed by atoms with Gasteiger partial charge in [0.2, 0.25) is 0 Å². The van der Waals surface area contributed by atoms with Crippen molar-refractivity contribution in [2.45, 2.75) is 337 Å². The number of unbranched alkanes of at least 4 members (excludes halogenated alkanes) is 42. The van der Waals surface area contributed by atoms with E-state index in [1.165, 1.54) is 312 Å². The van der Waals surface area contributed by atoms with Crippen molar-refractivity contribution >= 4 is 35.3 Å². The molecule has 0 nitrogen and oxygen atoms in total. The van der Waals surface area contributed by atoms with Crippen molar-refractivity contribution in [2.24, 2.45) is 0 Å². The fourth-order valence-electron chi connectivity index (χ4n) is 9.29. The first-order valence-corrected chi connectivity index (χ1v) is 32.1. The Kier molecular flexibility index (Phi) is 50.3. The molecule has 0 N–H and O–H groups in total. The van der Waals surface area contributed by atoms with Gasteiger partial charge in [0.05, 0.1) is 0 Å². The Morgan fingerprint density at radius 3 is 0.714 bits per heavy atom. The van der Waals surface area contributed by atoms with Crippen molar-refractivity contribution in [3.8, 4) is 0 Å². The summed E-state index contributed by atoms with van der Waals surface area (Å²) in [5, 5.41) is 0. The van der Waals surface area contributed by atoms with E-state index in [4.69, 9.17) is 0 Å². The molecule has 0 atom stereocenters. The number of hydrogen-bond donors (Lipinski definition) is 0. The summed E-state index contributed by atoms with van der Waals surface area (Å²) < 4.78 is 0. The van der Waals surface area contributed by atoms with Gasteiger partial charge in [-0.1, -0.05) is 297 Å². The molecular weight excluding hydrogens is 817 g/mol. The van der Waals surface area contributed by atoms with Gasteiger partial charge in [0.15, 0.2) is 0 Å². The van der Waals surface area contributed by atoms with E-state index >= 15 is 0 Å². The quantitative estimate of drug-likeness (QED) is 0.0472. The fraction of sp³-hybridized carbons (Fsp3) is 0.883. The van der Waals surface area contributed by atoms with E-state index in [0.29, 0.717) is 0 Å². The molecule has 371 valence electrons. The fourth-order valence-corrected chi connectivity index (χ4v) is 13.1. The second-order valence-electron chi connectivity index (χ2n) is 19.9. The van der Waals surface area contributed by atoms with Crippen LogP contribution in [0.5, 0.6) is 0 Å². The lowest BCUT2D eigenvalue weighted by molar-refractivity contribution is 0.535. The SMILES string of the molecule is [CH2]CCc1cc(SCCCCCCCCCCCCCCCCC)c(SCCCCCCCCCCCCCCCCC)c(SCCCCCCCCCCCCCCCCC)c1. The highest BCUT2D eigenvalue weighted by Gasteiger charge is 2.14. The highest BCUT2D eigenvalue weighted by Crippen LogP contribution is 2.41. The van der Waals surface area contributed by atoms with Gasteiger partial charge in [0.25, 0.3) is 0 Å². The molecular formula is C60H113S3. The van der Waals surface area contributed by atoms with Crippen LogP contribution in [0.25, 0.3) is 0 Å². The van der Waals surface area contributed by atoms with Crippen molar-refractivity contribution in [1.82, 2.24) is 0 Å². The molecule has 0 amide bonds. The normalized spacial score (nSPS) is 11.7. The molecule has 1 radical (unpaired) electrons. The Hall–Kier alpha value is 0.270. The molecule has 0 unspecified atom stereocenters. The molecule has 0 aromatic heterocycles. The van der Waals surface area contributed by atoms with Gasteiger partial charge in [-0.3, -0.25) is 0 Å². The number of hydrogen-bond acceptors (Lipinski definition) is 3. The van der Waals surface area contributed by atoms with Crippen LogP contribution in [0.4, 0.5) is 0 Å². The van der Waals surface area contributed by atoms with E-state index in [-0.39, 0.29) is 0 Å². The molecule has 0 saturated carbocycles. The molecule has 0 bridgehead atoms. The lowest BCUT2D eigenvalue weighted by atomic mass is 10.0. The lowest BCUT2D eigenvalue weighted by Gasteiger charge is -2.17. The van der Waals surface area contributed by atoms with E-state index < -0.39 is 0 Å². The molecule has 0 fully saturated rings. The van der Waals surface area contributed by atoms with Gasteiger partial charge in [-0.15, -0.1) is 35.3 Å². The summed E-state index contributed by atoms with van der Waals surface area (Å²) >= 11 is 6.58. The molecule has 63 heavy (non-hydrogen) atoms.